The minimum atomic E-state index is -3.93. The Bertz CT molecular complexity index is 1290. The fourth-order valence-electron chi connectivity index (χ4n) is 3.54. The van der Waals surface area contributed by atoms with E-state index in [4.69, 9.17) is 10.5 Å². The molecule has 0 aliphatic carbocycles. The van der Waals surface area contributed by atoms with Crippen molar-refractivity contribution in [2.45, 2.75) is 30.7 Å². The molecule has 1 aromatic carbocycles. The van der Waals surface area contributed by atoms with E-state index in [1.165, 1.54) is 26.2 Å². The van der Waals surface area contributed by atoms with Gasteiger partial charge in [-0.3, -0.25) is 23.5 Å². The molecular formula is C20H24N4O7S. The van der Waals surface area contributed by atoms with Crippen molar-refractivity contribution < 1.29 is 22.7 Å². The van der Waals surface area contributed by atoms with Crippen molar-refractivity contribution in [3.63, 3.8) is 0 Å². The Kier molecular flexibility index (Phi) is 6.37. The molecule has 32 heavy (non-hydrogen) atoms. The predicted octanol–water partition coefficient (Wildman–Crippen LogP) is -0.446. The first-order valence-electron chi connectivity index (χ1n) is 9.80. The summed E-state index contributed by atoms with van der Waals surface area (Å²) >= 11 is 0. The van der Waals surface area contributed by atoms with Crippen molar-refractivity contribution in [2.24, 2.45) is 14.1 Å². The van der Waals surface area contributed by atoms with Crippen molar-refractivity contribution in [1.29, 1.82) is 0 Å². The van der Waals surface area contributed by atoms with Crippen LogP contribution < -0.4 is 17.0 Å². The monoisotopic (exact) mass is 464 g/mol. The maximum atomic E-state index is 13.0. The number of nitrogens with zero attached hydrogens (tertiary/aromatic N) is 3. The molecule has 0 radical (unpaired) electrons. The first kappa shape index (κ1) is 23.4. The molecule has 2 aromatic rings. The molecule has 0 amide bonds. The number of carbonyl (C=O) groups is 2. The number of hydrogen-bond acceptors (Lipinski definition) is 8. The van der Waals surface area contributed by atoms with Gasteiger partial charge in [0.1, 0.15) is 17.4 Å². The van der Waals surface area contributed by atoms with E-state index in [9.17, 15) is 27.6 Å². The Hall–Kier alpha value is -3.25. The molecule has 2 N–H and O–H groups in total. The number of benzene rings is 1. The fourth-order valence-corrected chi connectivity index (χ4v) is 5.18. The smallest absolute Gasteiger partial charge is 0.332 e. The number of anilines is 1. The van der Waals surface area contributed by atoms with Gasteiger partial charge in [0, 0.05) is 20.6 Å². The second kappa shape index (κ2) is 8.71. The number of ketones is 1. The SMILES string of the molecule is Cc1ccc(S(=O)(=O)N2CCCC2C(=O)OCC(=O)c2c(N)n(C)c(=O)n(C)c2=O)cc1. The Labute approximate surface area is 184 Å². The van der Waals surface area contributed by atoms with E-state index in [-0.39, 0.29) is 23.7 Å². The summed E-state index contributed by atoms with van der Waals surface area (Å²) in [7, 11) is -1.44. The van der Waals surface area contributed by atoms with Crippen molar-refractivity contribution in [3.05, 3.63) is 56.2 Å². The topological polar surface area (TPSA) is 151 Å². The number of aryl methyl sites for hydroxylation is 1. The highest BCUT2D eigenvalue weighted by Gasteiger charge is 2.40. The molecule has 1 unspecified atom stereocenters. The highest BCUT2D eigenvalue weighted by molar-refractivity contribution is 7.89. The van der Waals surface area contributed by atoms with E-state index < -0.39 is 51.2 Å². The van der Waals surface area contributed by atoms with Crippen LogP contribution in [0.4, 0.5) is 5.82 Å². The van der Waals surface area contributed by atoms with Crippen LogP contribution in [-0.4, -0.2) is 52.8 Å². The number of carbonyl (C=O) groups excluding carboxylic acids is 2. The Morgan fingerprint density at radius 1 is 1.12 bits per heavy atom. The summed E-state index contributed by atoms with van der Waals surface area (Å²) in [6.07, 6.45) is 0.689. The second-order valence-electron chi connectivity index (χ2n) is 7.58. The van der Waals surface area contributed by atoms with Crippen LogP contribution in [0.5, 0.6) is 0 Å². The van der Waals surface area contributed by atoms with Crippen LogP contribution in [0.3, 0.4) is 0 Å². The molecule has 1 aliphatic heterocycles. The molecule has 0 saturated carbocycles. The first-order chi connectivity index (χ1) is 15.0. The van der Waals surface area contributed by atoms with Crippen molar-refractivity contribution in [2.75, 3.05) is 18.9 Å². The van der Waals surface area contributed by atoms with Crippen LogP contribution in [-0.2, 0) is 33.7 Å². The van der Waals surface area contributed by atoms with E-state index in [0.29, 0.717) is 6.42 Å². The van der Waals surface area contributed by atoms with Gasteiger partial charge in [-0.2, -0.15) is 4.31 Å². The number of sulfonamides is 1. The van der Waals surface area contributed by atoms with Crippen LogP contribution in [0, 0.1) is 6.92 Å². The summed E-state index contributed by atoms with van der Waals surface area (Å²) in [5.41, 5.74) is 4.54. The molecule has 1 fully saturated rings. The number of nitrogens with two attached hydrogens (primary N) is 1. The molecule has 3 rings (SSSR count). The minimum absolute atomic E-state index is 0.0559. The third-order valence-electron chi connectivity index (χ3n) is 5.44. The van der Waals surface area contributed by atoms with Crippen LogP contribution in [0.15, 0.2) is 38.8 Å². The summed E-state index contributed by atoms with van der Waals surface area (Å²) < 4.78 is 33.7. The van der Waals surface area contributed by atoms with Gasteiger partial charge < -0.3 is 10.5 Å². The number of rotatable bonds is 6. The molecule has 12 heteroatoms. The largest absolute Gasteiger partial charge is 0.456 e. The predicted molar refractivity (Wildman–Crippen MR) is 115 cm³/mol. The average molecular weight is 465 g/mol. The van der Waals surface area contributed by atoms with E-state index in [1.807, 2.05) is 6.92 Å². The molecular weight excluding hydrogens is 440 g/mol. The number of nitrogen functional groups attached to an aromatic ring is 1. The first-order valence-corrected chi connectivity index (χ1v) is 11.2. The maximum absolute atomic E-state index is 13.0. The lowest BCUT2D eigenvalue weighted by Crippen LogP contribution is -2.43. The molecule has 11 nitrogen and oxygen atoms in total. The van der Waals surface area contributed by atoms with Crippen LogP contribution in [0.2, 0.25) is 0 Å². The van der Waals surface area contributed by atoms with Gasteiger partial charge in [-0.1, -0.05) is 17.7 Å². The highest BCUT2D eigenvalue weighted by atomic mass is 32.2. The molecule has 1 aromatic heterocycles. The van der Waals surface area contributed by atoms with Crippen molar-refractivity contribution in [1.82, 2.24) is 13.4 Å². The van der Waals surface area contributed by atoms with E-state index in [0.717, 1.165) is 19.0 Å². The van der Waals surface area contributed by atoms with Gasteiger partial charge in [-0.25, -0.2) is 13.2 Å². The number of aromatic nitrogens is 2. The molecule has 0 bridgehead atoms. The summed E-state index contributed by atoms with van der Waals surface area (Å²) in [5, 5.41) is 0. The van der Waals surface area contributed by atoms with Gasteiger partial charge in [0.15, 0.2) is 6.61 Å². The zero-order valence-corrected chi connectivity index (χ0v) is 18.7. The summed E-state index contributed by atoms with van der Waals surface area (Å²) in [6, 6.07) is 5.16. The quantitative estimate of drug-likeness (QED) is 0.446. The molecule has 172 valence electrons. The average Bonchev–Trinajstić information content (AvgIpc) is 3.26. The zero-order valence-electron chi connectivity index (χ0n) is 17.9. The van der Waals surface area contributed by atoms with E-state index in [2.05, 4.69) is 0 Å². The lowest BCUT2D eigenvalue weighted by Gasteiger charge is -2.22. The summed E-state index contributed by atoms with van der Waals surface area (Å²) in [5.74, 6) is -2.13. The van der Waals surface area contributed by atoms with Crippen LogP contribution >= 0.6 is 0 Å². The van der Waals surface area contributed by atoms with Gasteiger partial charge in [-0.15, -0.1) is 0 Å². The van der Waals surface area contributed by atoms with Crippen LogP contribution in [0.1, 0.15) is 28.8 Å². The number of esters is 1. The van der Waals surface area contributed by atoms with Crippen LogP contribution in [0.25, 0.3) is 0 Å². The Morgan fingerprint density at radius 2 is 1.75 bits per heavy atom. The molecule has 0 spiro atoms. The van der Waals surface area contributed by atoms with Gasteiger partial charge in [0.25, 0.3) is 5.56 Å². The minimum Gasteiger partial charge on any atom is -0.456 e. The van der Waals surface area contributed by atoms with Gasteiger partial charge >= 0.3 is 11.7 Å². The summed E-state index contributed by atoms with van der Waals surface area (Å²) in [4.78, 5) is 49.4. The lowest BCUT2D eigenvalue weighted by molar-refractivity contribution is -0.146. The number of Topliss-reactive ketones (excluding diaryl/α,β-unsaturated/α-hetero) is 1. The van der Waals surface area contributed by atoms with E-state index in [1.54, 1.807) is 12.1 Å². The van der Waals surface area contributed by atoms with Gasteiger partial charge in [-0.05, 0) is 31.9 Å². The third kappa shape index (κ3) is 4.10. The van der Waals surface area contributed by atoms with Gasteiger partial charge in [0.05, 0.1) is 4.90 Å². The fraction of sp³-hybridized carbons (Fsp3) is 0.400. The van der Waals surface area contributed by atoms with E-state index >= 15 is 0 Å². The number of ether oxygens (including phenoxy) is 1. The summed E-state index contributed by atoms with van der Waals surface area (Å²) in [6.45, 7) is 1.15. The zero-order chi connectivity index (χ0) is 23.8. The highest BCUT2D eigenvalue weighted by Crippen LogP contribution is 2.27. The number of hydrogen-bond donors (Lipinski definition) is 1. The molecule has 1 atom stereocenters. The lowest BCUT2D eigenvalue weighted by atomic mass is 10.2. The third-order valence-corrected chi connectivity index (χ3v) is 7.36. The standard InChI is InChI=1S/C20H24N4O7S/c1-12-6-8-13(9-7-12)32(29,30)24-10-4-5-14(24)19(27)31-11-15(25)16-17(21)22(2)20(28)23(3)18(16)26/h6-9,14H,4-5,10-11,21H2,1-3H3. The Balaban J connectivity index is 1.78. The molecule has 1 aliphatic rings. The molecule has 2 heterocycles. The normalized spacial score (nSPS) is 16.8. The van der Waals surface area contributed by atoms with Crippen molar-refractivity contribution in [3.8, 4) is 0 Å². The molecule has 1 saturated heterocycles. The second-order valence-corrected chi connectivity index (χ2v) is 9.47. The van der Waals surface area contributed by atoms with Gasteiger partial charge in [0.2, 0.25) is 15.8 Å². The maximum Gasteiger partial charge on any atom is 0.332 e. The van der Waals surface area contributed by atoms with Crippen molar-refractivity contribution >= 4 is 27.6 Å². The Morgan fingerprint density at radius 3 is 2.38 bits per heavy atom.